The van der Waals surface area contributed by atoms with E-state index in [1.54, 1.807) is 0 Å². The highest BCUT2D eigenvalue weighted by atomic mass is 16.4. The van der Waals surface area contributed by atoms with Gasteiger partial charge in [0.15, 0.2) is 0 Å². The molecule has 1 heterocycles. The third-order valence-corrected chi connectivity index (χ3v) is 3.12. The molecule has 0 aromatic rings. The van der Waals surface area contributed by atoms with Crippen molar-refractivity contribution in [1.29, 1.82) is 0 Å². The lowest BCUT2D eigenvalue weighted by Crippen LogP contribution is -2.57. The van der Waals surface area contributed by atoms with Gasteiger partial charge in [-0.1, -0.05) is 13.8 Å². The molecule has 1 amide bonds. The Labute approximate surface area is 95.6 Å². The first kappa shape index (κ1) is 13.0. The largest absolute Gasteiger partial charge is 0.480 e. The van der Waals surface area contributed by atoms with Gasteiger partial charge in [-0.3, -0.25) is 9.59 Å². The number of rotatable bonds is 3. The summed E-state index contributed by atoms with van der Waals surface area (Å²) in [6.07, 6.45) is 2.02. The second kappa shape index (κ2) is 4.82. The van der Waals surface area contributed by atoms with Crippen LogP contribution in [0.5, 0.6) is 0 Å². The quantitative estimate of drug-likeness (QED) is 0.651. The smallest absolute Gasteiger partial charge is 0.325 e. The zero-order valence-corrected chi connectivity index (χ0v) is 10.0. The first-order valence-corrected chi connectivity index (χ1v) is 5.61. The number of carbonyl (C=O) groups excluding carboxylic acids is 1. The van der Waals surface area contributed by atoms with E-state index < -0.39 is 12.0 Å². The van der Waals surface area contributed by atoms with Crippen molar-refractivity contribution in [3.63, 3.8) is 0 Å². The van der Waals surface area contributed by atoms with Crippen LogP contribution in [0.4, 0.5) is 0 Å². The molecule has 3 N–H and O–H groups in total. The molecule has 1 aliphatic rings. The van der Waals surface area contributed by atoms with Crippen LogP contribution in [0.3, 0.4) is 0 Å². The molecule has 5 nitrogen and oxygen atoms in total. The third kappa shape index (κ3) is 2.95. The molecule has 1 aliphatic heterocycles. The van der Waals surface area contributed by atoms with Crippen molar-refractivity contribution in [3.05, 3.63) is 0 Å². The second-order valence-electron chi connectivity index (χ2n) is 5.05. The molecule has 0 spiro atoms. The van der Waals surface area contributed by atoms with Gasteiger partial charge >= 0.3 is 5.97 Å². The van der Waals surface area contributed by atoms with E-state index in [1.165, 1.54) is 6.92 Å². The Morgan fingerprint density at radius 1 is 1.50 bits per heavy atom. The lowest BCUT2D eigenvalue weighted by Gasteiger charge is -2.38. The van der Waals surface area contributed by atoms with E-state index in [-0.39, 0.29) is 17.4 Å². The number of nitrogens with one attached hydrogen (secondary N) is 2. The fourth-order valence-electron chi connectivity index (χ4n) is 2.02. The normalized spacial score (nSPS) is 25.8. The minimum atomic E-state index is -1.01. The fraction of sp³-hybridized carbons (Fsp3) is 0.818. The summed E-state index contributed by atoms with van der Waals surface area (Å²) in [6, 6.07) is -1.14. The summed E-state index contributed by atoms with van der Waals surface area (Å²) in [4.78, 5) is 22.5. The molecule has 2 unspecified atom stereocenters. The first-order chi connectivity index (χ1) is 7.34. The molecule has 1 rings (SSSR count). The molecular formula is C11H20N2O3. The Hall–Kier alpha value is -1.10. The number of amides is 1. The molecule has 0 bridgehead atoms. The van der Waals surface area contributed by atoms with Crippen LogP contribution in [0, 0.1) is 5.41 Å². The molecule has 0 aromatic carbocycles. The Morgan fingerprint density at radius 3 is 2.62 bits per heavy atom. The highest BCUT2D eigenvalue weighted by Crippen LogP contribution is 2.30. The molecule has 0 radical (unpaired) electrons. The van der Waals surface area contributed by atoms with Gasteiger partial charge in [0, 0.05) is 0 Å². The van der Waals surface area contributed by atoms with E-state index in [0.29, 0.717) is 0 Å². The maximum absolute atomic E-state index is 11.9. The van der Waals surface area contributed by atoms with Gasteiger partial charge < -0.3 is 15.7 Å². The van der Waals surface area contributed by atoms with Crippen LogP contribution >= 0.6 is 0 Å². The molecule has 92 valence electrons. The van der Waals surface area contributed by atoms with Crippen LogP contribution in [0.25, 0.3) is 0 Å². The van der Waals surface area contributed by atoms with Gasteiger partial charge in [0.25, 0.3) is 0 Å². The van der Waals surface area contributed by atoms with Crippen molar-refractivity contribution >= 4 is 11.9 Å². The SMILES string of the molecule is CC(NC(=O)C1NCCCC1(C)C)C(=O)O. The molecule has 16 heavy (non-hydrogen) atoms. The highest BCUT2D eigenvalue weighted by Gasteiger charge is 2.37. The molecule has 2 atom stereocenters. The van der Waals surface area contributed by atoms with Crippen LogP contribution in [-0.2, 0) is 9.59 Å². The van der Waals surface area contributed by atoms with Crippen molar-refractivity contribution < 1.29 is 14.7 Å². The maximum atomic E-state index is 11.9. The van der Waals surface area contributed by atoms with E-state index in [1.807, 2.05) is 13.8 Å². The average molecular weight is 228 g/mol. The second-order valence-corrected chi connectivity index (χ2v) is 5.05. The third-order valence-electron chi connectivity index (χ3n) is 3.12. The summed E-state index contributed by atoms with van der Waals surface area (Å²) in [5.74, 6) is -1.23. The summed E-state index contributed by atoms with van der Waals surface area (Å²) in [5, 5.41) is 14.4. The van der Waals surface area contributed by atoms with Gasteiger partial charge in [-0.15, -0.1) is 0 Å². The maximum Gasteiger partial charge on any atom is 0.325 e. The topological polar surface area (TPSA) is 78.4 Å². The molecular weight excluding hydrogens is 208 g/mol. The van der Waals surface area contributed by atoms with E-state index in [9.17, 15) is 9.59 Å². The average Bonchev–Trinajstić information content (AvgIpc) is 2.16. The Balaban J connectivity index is 2.62. The van der Waals surface area contributed by atoms with Gasteiger partial charge in [-0.2, -0.15) is 0 Å². The van der Waals surface area contributed by atoms with Crippen molar-refractivity contribution in [1.82, 2.24) is 10.6 Å². The number of hydrogen-bond donors (Lipinski definition) is 3. The lowest BCUT2D eigenvalue weighted by molar-refractivity contribution is -0.142. The molecule has 0 saturated carbocycles. The molecule has 5 heteroatoms. The van der Waals surface area contributed by atoms with Gasteiger partial charge in [0.2, 0.25) is 5.91 Å². The zero-order valence-electron chi connectivity index (χ0n) is 10.0. The lowest BCUT2D eigenvalue weighted by atomic mass is 9.77. The number of piperidine rings is 1. The van der Waals surface area contributed by atoms with E-state index >= 15 is 0 Å². The van der Waals surface area contributed by atoms with Gasteiger partial charge in [0.1, 0.15) is 6.04 Å². The van der Waals surface area contributed by atoms with Crippen LogP contribution in [0.15, 0.2) is 0 Å². The predicted octanol–water partition coefficient (Wildman–Crippen LogP) is 0.354. The van der Waals surface area contributed by atoms with Crippen molar-refractivity contribution in [2.24, 2.45) is 5.41 Å². The van der Waals surface area contributed by atoms with Crippen molar-refractivity contribution in [2.75, 3.05) is 6.54 Å². The monoisotopic (exact) mass is 228 g/mol. The van der Waals surface area contributed by atoms with Gasteiger partial charge in [-0.05, 0) is 31.7 Å². The fourth-order valence-corrected chi connectivity index (χ4v) is 2.02. The van der Waals surface area contributed by atoms with Gasteiger partial charge in [0.05, 0.1) is 6.04 Å². The highest BCUT2D eigenvalue weighted by molar-refractivity contribution is 5.87. The number of carboxylic acids is 1. The van der Waals surface area contributed by atoms with Crippen LogP contribution in [0.2, 0.25) is 0 Å². The zero-order chi connectivity index (χ0) is 12.3. The van der Waals surface area contributed by atoms with Crippen molar-refractivity contribution in [3.8, 4) is 0 Å². The van der Waals surface area contributed by atoms with Gasteiger partial charge in [-0.25, -0.2) is 0 Å². The van der Waals surface area contributed by atoms with Crippen LogP contribution in [-0.4, -0.2) is 35.6 Å². The molecule has 1 fully saturated rings. The molecule has 1 saturated heterocycles. The number of hydrogen-bond acceptors (Lipinski definition) is 3. The summed E-state index contributed by atoms with van der Waals surface area (Å²) in [5.41, 5.74) is -0.124. The Bertz CT molecular complexity index is 289. The van der Waals surface area contributed by atoms with E-state index in [0.717, 1.165) is 19.4 Å². The summed E-state index contributed by atoms with van der Waals surface area (Å²) in [7, 11) is 0. The Morgan fingerprint density at radius 2 is 2.12 bits per heavy atom. The van der Waals surface area contributed by atoms with E-state index in [4.69, 9.17) is 5.11 Å². The summed E-state index contributed by atoms with van der Waals surface area (Å²) < 4.78 is 0. The standard InChI is InChI=1S/C11H20N2O3/c1-7(10(15)16)13-9(14)8-11(2,3)5-4-6-12-8/h7-8,12H,4-6H2,1-3H3,(H,13,14)(H,15,16). The number of carboxylic acid groups (broad SMARTS) is 1. The molecule has 0 aromatic heterocycles. The molecule has 0 aliphatic carbocycles. The summed E-state index contributed by atoms with van der Waals surface area (Å²) in [6.45, 7) is 6.32. The van der Waals surface area contributed by atoms with E-state index in [2.05, 4.69) is 10.6 Å². The minimum absolute atomic E-state index is 0.124. The minimum Gasteiger partial charge on any atom is -0.480 e. The predicted molar refractivity (Wildman–Crippen MR) is 60.0 cm³/mol. The number of aliphatic carboxylic acids is 1. The van der Waals surface area contributed by atoms with Crippen LogP contribution < -0.4 is 10.6 Å². The van der Waals surface area contributed by atoms with Crippen molar-refractivity contribution in [2.45, 2.75) is 45.7 Å². The summed E-state index contributed by atoms with van der Waals surface area (Å²) >= 11 is 0. The number of carbonyl (C=O) groups is 2. The first-order valence-electron chi connectivity index (χ1n) is 5.61. The van der Waals surface area contributed by atoms with Crippen LogP contribution in [0.1, 0.15) is 33.6 Å². The Kier molecular flexibility index (Phi) is 3.91.